The number of nitrogen functional groups attached to an aromatic ring is 1. The fraction of sp³-hybridized carbons (Fsp3) is 0.333. The van der Waals surface area contributed by atoms with E-state index in [1.54, 1.807) is 24.3 Å². The second-order valence-electron chi connectivity index (χ2n) is 8.45. The zero-order chi connectivity index (χ0) is 29.1. The first-order valence-electron chi connectivity index (χ1n) is 11.5. The van der Waals surface area contributed by atoms with E-state index >= 15 is 4.39 Å². The molecule has 4 unspecified atom stereocenters. The maximum absolute atomic E-state index is 15.4. The molecule has 4 rings (SSSR count). The Morgan fingerprint density at radius 3 is 2.00 bits per heavy atom. The summed E-state index contributed by atoms with van der Waals surface area (Å²) in [5, 5.41) is 10.5. The van der Waals surface area contributed by atoms with Crippen LogP contribution < -0.4 is 29.9 Å². The Morgan fingerprint density at radius 2 is 1.55 bits per heavy atom. The molecule has 0 amide bonds. The van der Waals surface area contributed by atoms with E-state index in [0.29, 0.717) is 16.1 Å². The van der Waals surface area contributed by atoms with Gasteiger partial charge in [-0.05, 0) is 54.6 Å². The molecule has 40 heavy (non-hydrogen) atoms. The highest BCUT2D eigenvalue weighted by atomic mass is 32.5. The monoisotopic (exact) mass is 603 g/mol. The third-order valence-electron chi connectivity index (χ3n) is 5.90. The van der Waals surface area contributed by atoms with E-state index in [2.05, 4.69) is 4.98 Å². The Morgan fingerprint density at radius 1 is 1.05 bits per heavy atom. The number of benzene rings is 2. The van der Waals surface area contributed by atoms with E-state index in [9.17, 15) is 18.7 Å². The summed E-state index contributed by atoms with van der Waals surface area (Å²) < 4.78 is 77.6. The lowest BCUT2D eigenvalue weighted by molar-refractivity contribution is -0.183. The van der Waals surface area contributed by atoms with Crippen molar-refractivity contribution in [2.75, 3.05) is 26.6 Å². The first-order valence-corrected chi connectivity index (χ1v) is 14.1. The Balaban J connectivity index is 1.64. The van der Waals surface area contributed by atoms with Crippen molar-refractivity contribution in [1.29, 1.82) is 0 Å². The number of aromatic nitrogens is 2. The van der Waals surface area contributed by atoms with E-state index in [4.69, 9.17) is 45.3 Å². The fourth-order valence-corrected chi connectivity index (χ4v) is 5.70. The smallest absolute Gasteiger partial charge is 0.435 e. The van der Waals surface area contributed by atoms with Crippen LogP contribution >= 0.6 is 6.72 Å². The summed E-state index contributed by atoms with van der Waals surface area (Å²) in [7, 11) is 2.93. The molecule has 0 spiro atoms. The maximum Gasteiger partial charge on any atom is 0.435 e. The number of aliphatic hydroxyl groups excluding tert-OH is 1. The van der Waals surface area contributed by atoms with Crippen molar-refractivity contribution in [1.82, 2.24) is 9.55 Å². The molecule has 11 nitrogen and oxygen atoms in total. The number of methoxy groups -OCH3 is 2. The van der Waals surface area contributed by atoms with Crippen LogP contribution in [0.3, 0.4) is 0 Å². The Bertz CT molecular complexity index is 1360. The van der Waals surface area contributed by atoms with Crippen molar-refractivity contribution >= 4 is 24.3 Å². The second-order valence-corrected chi connectivity index (χ2v) is 11.3. The molecule has 1 aliphatic rings. The predicted octanol–water partition coefficient (Wildman–Crippen LogP) is 3.47. The molecule has 3 aromatic rings. The zero-order valence-electron chi connectivity index (χ0n) is 21.1. The number of hydrogen-bond acceptors (Lipinski definition) is 11. The minimum Gasteiger partial charge on any atom is -0.497 e. The van der Waals surface area contributed by atoms with Gasteiger partial charge in [-0.2, -0.15) is 4.98 Å². The maximum atomic E-state index is 15.4. The first kappa shape index (κ1) is 29.6. The molecule has 0 aliphatic carbocycles. The number of nitrogens with zero attached hydrogens (tertiary/aromatic N) is 2. The number of ether oxygens (including phenoxy) is 3. The molecule has 1 fully saturated rings. The van der Waals surface area contributed by atoms with Gasteiger partial charge < -0.3 is 34.1 Å². The van der Waals surface area contributed by atoms with Gasteiger partial charge in [0.15, 0.2) is 18.0 Å². The number of anilines is 1. The van der Waals surface area contributed by atoms with Crippen LogP contribution in [0.4, 0.5) is 19.0 Å². The number of nitrogens with two attached hydrogens (primary N) is 1. The van der Waals surface area contributed by atoms with Gasteiger partial charge in [0, 0.05) is 18.0 Å². The summed E-state index contributed by atoms with van der Waals surface area (Å²) in [5.41, 5.74) is 1.36. The molecule has 1 aliphatic heterocycles. The van der Waals surface area contributed by atoms with Crippen molar-refractivity contribution < 1.29 is 46.1 Å². The number of aliphatic hydroxyl groups is 1. The van der Waals surface area contributed by atoms with Crippen molar-refractivity contribution in [3.63, 3.8) is 0 Å². The molecule has 216 valence electrons. The van der Waals surface area contributed by atoms with E-state index < -0.39 is 49.5 Å². The molecule has 16 heteroatoms. The van der Waals surface area contributed by atoms with Crippen molar-refractivity contribution in [3.05, 3.63) is 71.3 Å². The summed E-state index contributed by atoms with van der Waals surface area (Å²) in [6.45, 7) is -5.21. The van der Waals surface area contributed by atoms with E-state index in [0.717, 1.165) is 12.3 Å². The highest BCUT2D eigenvalue weighted by molar-refractivity contribution is 8.07. The quantitative estimate of drug-likeness (QED) is 0.312. The van der Waals surface area contributed by atoms with Crippen LogP contribution in [0.15, 0.2) is 65.6 Å². The van der Waals surface area contributed by atoms with Gasteiger partial charge in [0.2, 0.25) is 0 Å². The van der Waals surface area contributed by atoms with Crippen molar-refractivity contribution in [3.8, 4) is 23.0 Å². The van der Waals surface area contributed by atoms with Crippen LogP contribution in [-0.4, -0.2) is 59.8 Å². The van der Waals surface area contributed by atoms with Crippen LogP contribution in [0.5, 0.6) is 23.0 Å². The van der Waals surface area contributed by atoms with E-state index in [1.165, 1.54) is 38.5 Å². The highest BCUT2D eigenvalue weighted by Crippen LogP contribution is 2.53. The van der Waals surface area contributed by atoms with Crippen LogP contribution in [0.25, 0.3) is 0 Å². The molecule has 1 saturated heterocycles. The molecule has 0 bridgehead atoms. The zero-order valence-corrected chi connectivity index (χ0v) is 22.8. The lowest BCUT2D eigenvalue weighted by atomic mass is 9.98. The molecular weight excluding hydrogens is 578 g/mol. The van der Waals surface area contributed by atoms with Gasteiger partial charge in [-0.1, -0.05) is 0 Å². The SMILES string of the molecule is COc1ccc(OP(=S)(OCC2(C(F)F)OC(n3ccc(N)nc3=O)C(O)C2F)Oc2ccc(OC)cc2)cc1. The van der Waals surface area contributed by atoms with Gasteiger partial charge in [-0.3, -0.25) is 9.09 Å². The minimum absolute atomic E-state index is 0.144. The van der Waals surface area contributed by atoms with Crippen LogP contribution in [-0.2, 0) is 21.1 Å². The summed E-state index contributed by atoms with van der Waals surface area (Å²) in [4.78, 5) is 15.7. The topological polar surface area (TPSA) is 137 Å². The molecule has 3 N–H and O–H groups in total. The largest absolute Gasteiger partial charge is 0.497 e. The summed E-state index contributed by atoms with van der Waals surface area (Å²) in [5.74, 6) is 1.12. The number of alkyl halides is 3. The third kappa shape index (κ3) is 6.18. The lowest BCUT2D eigenvalue weighted by Gasteiger charge is -2.32. The van der Waals surface area contributed by atoms with Gasteiger partial charge in [0.1, 0.15) is 34.9 Å². The molecule has 2 heterocycles. The predicted molar refractivity (Wildman–Crippen MR) is 140 cm³/mol. The van der Waals surface area contributed by atoms with Gasteiger partial charge in [0.25, 0.3) is 6.43 Å². The third-order valence-corrected chi connectivity index (χ3v) is 7.97. The van der Waals surface area contributed by atoms with Gasteiger partial charge in [-0.15, -0.1) is 0 Å². The first-order chi connectivity index (χ1) is 19.0. The van der Waals surface area contributed by atoms with Gasteiger partial charge in [0.05, 0.1) is 20.8 Å². The molecular formula is C24H25F3N3O8PS. The van der Waals surface area contributed by atoms with Crippen LogP contribution in [0.1, 0.15) is 6.23 Å². The Labute approximate surface area is 231 Å². The van der Waals surface area contributed by atoms with Crippen molar-refractivity contribution in [2.24, 2.45) is 0 Å². The van der Waals surface area contributed by atoms with E-state index in [1.807, 2.05) is 0 Å². The molecule has 4 atom stereocenters. The Hall–Kier alpha value is -3.36. The molecule has 0 radical (unpaired) electrons. The standard InChI is InChI=1S/C24H25F3N3O8PS/c1-33-14-3-7-16(8-4-14)37-39(40,38-17-9-5-15(34-2)6-10-17)35-13-24(22(26)27)20(25)19(31)21(36-24)30-12-11-18(28)29-23(30)32/h3-12,19-22,31H,13H2,1-2H3,(H2,28,29,32). The number of rotatable bonds is 11. The van der Waals surface area contributed by atoms with Crippen LogP contribution in [0.2, 0.25) is 0 Å². The number of hydrogen-bond donors (Lipinski definition) is 2. The van der Waals surface area contributed by atoms with E-state index in [-0.39, 0.29) is 17.3 Å². The molecule has 0 saturated carbocycles. The second kappa shape index (κ2) is 12.0. The Kier molecular flexibility index (Phi) is 8.90. The van der Waals surface area contributed by atoms with Gasteiger partial charge in [-0.25, -0.2) is 18.0 Å². The normalized spacial score (nSPS) is 22.7. The summed E-state index contributed by atoms with van der Waals surface area (Å²) in [6, 6.07) is 13.3. The molecule has 2 aromatic carbocycles. The van der Waals surface area contributed by atoms with Crippen LogP contribution in [0, 0.1) is 0 Å². The minimum atomic E-state index is -4.01. The summed E-state index contributed by atoms with van der Waals surface area (Å²) in [6.07, 6.45) is -9.27. The van der Waals surface area contributed by atoms with Gasteiger partial charge >= 0.3 is 12.4 Å². The number of halogens is 3. The summed E-state index contributed by atoms with van der Waals surface area (Å²) >= 11 is 5.50. The average molecular weight is 604 g/mol. The average Bonchev–Trinajstić information content (AvgIpc) is 3.19. The lowest BCUT2D eigenvalue weighted by Crippen LogP contribution is -2.50. The fourth-order valence-electron chi connectivity index (χ4n) is 3.77. The van der Waals surface area contributed by atoms with Crippen molar-refractivity contribution in [2.45, 2.75) is 30.5 Å². The highest BCUT2D eigenvalue weighted by Gasteiger charge is 2.62. The molecule has 1 aromatic heterocycles.